The smallest absolute Gasteiger partial charge is 0.256 e. The molecule has 0 saturated carbocycles. The molecule has 2 aromatic heterocycles. The third-order valence-electron chi connectivity index (χ3n) is 10.2. The molecule has 7 aromatic carbocycles. The van der Waals surface area contributed by atoms with E-state index in [1.165, 1.54) is 82.5 Å². The summed E-state index contributed by atoms with van der Waals surface area (Å²) >= 11 is 0. The first kappa shape index (κ1) is 24.3. The summed E-state index contributed by atoms with van der Waals surface area (Å²) < 4.78 is 11.6. The molecule has 46 heavy (non-hydrogen) atoms. The Balaban J connectivity index is 1.26. The van der Waals surface area contributed by atoms with E-state index in [9.17, 15) is 0 Å². The van der Waals surface area contributed by atoms with Gasteiger partial charge in [-0.05, 0) is 76.0 Å². The lowest BCUT2D eigenvalue weighted by atomic mass is 9.34. The SMILES string of the molecule is c1ccc(-c2ccc3c(c2)B2c4c(cccc4-n4c5cc6c(cc5c5cccc2c54)c2ccccc2n6-c2ccccc2)O3)cc1. The van der Waals surface area contributed by atoms with Gasteiger partial charge in [-0.3, -0.25) is 0 Å². The van der Waals surface area contributed by atoms with Gasteiger partial charge in [-0.25, -0.2) is 0 Å². The molecule has 2 aliphatic heterocycles. The maximum absolute atomic E-state index is 6.68. The molecule has 0 aliphatic carbocycles. The molecule has 0 amide bonds. The number of fused-ring (bicyclic) bond motifs is 10. The van der Waals surface area contributed by atoms with Crippen molar-refractivity contribution in [2.45, 2.75) is 0 Å². The zero-order valence-corrected chi connectivity index (χ0v) is 24.8. The lowest BCUT2D eigenvalue weighted by Crippen LogP contribution is -2.58. The summed E-state index contributed by atoms with van der Waals surface area (Å²) in [5.41, 5.74) is 13.5. The monoisotopic (exact) mass is 584 g/mol. The van der Waals surface area contributed by atoms with Crippen LogP contribution >= 0.6 is 0 Å². The standard InChI is InChI=1S/C42H25BN2O/c1-3-11-26(12-4-1)27-21-22-39-34(23-27)43-33-17-9-16-30-32-24-31-29-15-7-8-18-35(29)44(28-13-5-2-6-14-28)37(31)25-38(32)45(42(30)33)36-19-10-20-40(46-39)41(36)43/h1-25H. The highest BCUT2D eigenvalue weighted by Crippen LogP contribution is 2.41. The summed E-state index contributed by atoms with van der Waals surface area (Å²) in [5.74, 6) is 1.87. The molecule has 0 saturated heterocycles. The van der Waals surface area contributed by atoms with Gasteiger partial charge in [0.2, 0.25) is 0 Å². The Labute approximate surface area is 265 Å². The van der Waals surface area contributed by atoms with Gasteiger partial charge in [-0.15, -0.1) is 0 Å². The van der Waals surface area contributed by atoms with Crippen molar-refractivity contribution in [1.29, 1.82) is 0 Å². The van der Waals surface area contributed by atoms with Gasteiger partial charge in [-0.1, -0.05) is 103 Å². The summed E-state index contributed by atoms with van der Waals surface area (Å²) in [7, 11) is 0. The van der Waals surface area contributed by atoms with Gasteiger partial charge in [0.05, 0.1) is 16.6 Å². The average molecular weight is 584 g/mol. The van der Waals surface area contributed by atoms with Crippen molar-refractivity contribution in [3.8, 4) is 34.0 Å². The van der Waals surface area contributed by atoms with Crippen LogP contribution in [0.15, 0.2) is 152 Å². The fourth-order valence-corrected chi connectivity index (χ4v) is 8.27. The molecule has 4 heteroatoms. The molecule has 3 nitrogen and oxygen atoms in total. The fraction of sp³-hybridized carbons (Fsp3) is 0. The maximum atomic E-state index is 6.68. The average Bonchev–Trinajstić information content (AvgIpc) is 3.62. The number of ether oxygens (including phenoxy) is 1. The lowest BCUT2D eigenvalue weighted by molar-refractivity contribution is 0.487. The topological polar surface area (TPSA) is 19.1 Å². The lowest BCUT2D eigenvalue weighted by Gasteiger charge is -2.33. The van der Waals surface area contributed by atoms with Crippen LogP contribution in [0.4, 0.5) is 0 Å². The van der Waals surface area contributed by atoms with E-state index in [2.05, 4.69) is 161 Å². The van der Waals surface area contributed by atoms with Crippen LogP contribution in [0.1, 0.15) is 0 Å². The number of hydrogen-bond donors (Lipinski definition) is 0. The summed E-state index contributed by atoms with van der Waals surface area (Å²) in [6, 6.07) is 55.0. The molecular weight excluding hydrogens is 559 g/mol. The molecule has 9 aromatic rings. The minimum Gasteiger partial charge on any atom is -0.458 e. The van der Waals surface area contributed by atoms with Crippen LogP contribution in [-0.4, -0.2) is 15.8 Å². The highest BCUT2D eigenvalue weighted by molar-refractivity contribution is 6.99. The number of nitrogens with zero attached hydrogens (tertiary/aromatic N) is 2. The second-order valence-electron chi connectivity index (χ2n) is 12.5. The molecule has 0 N–H and O–H groups in total. The Bertz CT molecular complexity index is 2720. The van der Waals surface area contributed by atoms with Crippen molar-refractivity contribution in [1.82, 2.24) is 9.13 Å². The Morgan fingerprint density at radius 2 is 1.17 bits per heavy atom. The van der Waals surface area contributed by atoms with Crippen LogP contribution in [0.2, 0.25) is 0 Å². The minimum atomic E-state index is 0.0764. The summed E-state index contributed by atoms with van der Waals surface area (Å²) in [5, 5.41) is 5.10. The van der Waals surface area contributed by atoms with Crippen LogP contribution in [0.3, 0.4) is 0 Å². The molecule has 11 rings (SSSR count). The zero-order valence-electron chi connectivity index (χ0n) is 24.8. The molecule has 0 unspecified atom stereocenters. The van der Waals surface area contributed by atoms with E-state index in [0.29, 0.717) is 0 Å². The molecule has 0 fully saturated rings. The molecule has 4 heterocycles. The van der Waals surface area contributed by atoms with E-state index in [-0.39, 0.29) is 6.71 Å². The highest BCUT2D eigenvalue weighted by atomic mass is 16.5. The number of para-hydroxylation sites is 3. The number of rotatable bonds is 2. The van der Waals surface area contributed by atoms with E-state index in [0.717, 1.165) is 11.5 Å². The maximum Gasteiger partial charge on any atom is 0.256 e. The van der Waals surface area contributed by atoms with Gasteiger partial charge in [-0.2, -0.15) is 0 Å². The van der Waals surface area contributed by atoms with E-state index in [1.54, 1.807) is 0 Å². The van der Waals surface area contributed by atoms with E-state index < -0.39 is 0 Å². The normalized spacial score (nSPS) is 12.9. The minimum absolute atomic E-state index is 0.0764. The quantitative estimate of drug-likeness (QED) is 0.187. The Morgan fingerprint density at radius 3 is 2.07 bits per heavy atom. The van der Waals surface area contributed by atoms with Crippen molar-refractivity contribution in [3.05, 3.63) is 152 Å². The van der Waals surface area contributed by atoms with Crippen LogP contribution in [0.5, 0.6) is 11.5 Å². The van der Waals surface area contributed by atoms with Crippen LogP contribution in [0.25, 0.3) is 66.1 Å². The van der Waals surface area contributed by atoms with Gasteiger partial charge < -0.3 is 13.9 Å². The van der Waals surface area contributed by atoms with Gasteiger partial charge in [0.1, 0.15) is 11.5 Å². The molecule has 2 aliphatic rings. The first-order chi connectivity index (χ1) is 22.8. The Kier molecular flexibility index (Phi) is 4.66. The van der Waals surface area contributed by atoms with Crippen LogP contribution in [0, 0.1) is 0 Å². The predicted octanol–water partition coefficient (Wildman–Crippen LogP) is 8.48. The van der Waals surface area contributed by atoms with Gasteiger partial charge in [0.15, 0.2) is 0 Å². The summed E-state index contributed by atoms with van der Waals surface area (Å²) in [6.45, 7) is 0.0764. The first-order valence-electron chi connectivity index (χ1n) is 15.9. The number of hydrogen-bond acceptors (Lipinski definition) is 1. The van der Waals surface area contributed by atoms with Crippen LogP contribution < -0.4 is 21.1 Å². The van der Waals surface area contributed by atoms with Crippen LogP contribution in [-0.2, 0) is 0 Å². The largest absolute Gasteiger partial charge is 0.458 e. The predicted molar refractivity (Wildman–Crippen MR) is 192 cm³/mol. The Morgan fingerprint density at radius 1 is 0.435 bits per heavy atom. The van der Waals surface area contributed by atoms with Crippen molar-refractivity contribution in [2.24, 2.45) is 0 Å². The molecule has 0 atom stereocenters. The second kappa shape index (κ2) is 8.80. The van der Waals surface area contributed by atoms with Gasteiger partial charge in [0.25, 0.3) is 6.71 Å². The van der Waals surface area contributed by atoms with E-state index in [4.69, 9.17) is 4.74 Å². The van der Waals surface area contributed by atoms with Crippen molar-refractivity contribution in [3.63, 3.8) is 0 Å². The van der Waals surface area contributed by atoms with E-state index in [1.807, 2.05) is 0 Å². The van der Waals surface area contributed by atoms with Crippen molar-refractivity contribution < 1.29 is 4.74 Å². The highest BCUT2D eigenvalue weighted by Gasteiger charge is 2.40. The zero-order chi connectivity index (χ0) is 29.9. The summed E-state index contributed by atoms with van der Waals surface area (Å²) in [6.07, 6.45) is 0. The third-order valence-corrected chi connectivity index (χ3v) is 10.2. The van der Waals surface area contributed by atoms with Crippen molar-refractivity contribution >= 4 is 66.7 Å². The number of aromatic nitrogens is 2. The molecule has 0 spiro atoms. The van der Waals surface area contributed by atoms with E-state index >= 15 is 0 Å². The summed E-state index contributed by atoms with van der Waals surface area (Å²) in [4.78, 5) is 0. The van der Waals surface area contributed by atoms with Crippen molar-refractivity contribution in [2.75, 3.05) is 0 Å². The number of benzene rings is 7. The van der Waals surface area contributed by atoms with Gasteiger partial charge in [0, 0.05) is 38.4 Å². The third kappa shape index (κ3) is 3.08. The first-order valence-corrected chi connectivity index (χ1v) is 15.9. The molecule has 212 valence electrons. The Hall–Kier alpha value is -6.00. The molecule has 0 radical (unpaired) electrons. The fourth-order valence-electron chi connectivity index (χ4n) is 8.27. The molecule has 0 bridgehead atoms. The van der Waals surface area contributed by atoms with Gasteiger partial charge >= 0.3 is 0 Å². The molecular formula is C42H25BN2O. The second-order valence-corrected chi connectivity index (χ2v) is 12.5.